The van der Waals surface area contributed by atoms with Crippen molar-refractivity contribution in [3.8, 4) is 0 Å². The highest BCUT2D eigenvalue weighted by atomic mass is 16.5. The van der Waals surface area contributed by atoms with E-state index < -0.39 is 12.0 Å². The predicted octanol–water partition coefficient (Wildman–Crippen LogP) is 17.2. The monoisotopic (exact) mass is 891 g/mol. The number of nitrogens with two attached hydrogens (primary N) is 1. The maximum Gasteiger partial charge on any atom is 0.326 e. The molecule has 0 radical (unpaired) electrons. The van der Waals surface area contributed by atoms with E-state index >= 15 is 0 Å². The van der Waals surface area contributed by atoms with Crippen LogP contribution in [0, 0.1) is 0 Å². The lowest BCUT2D eigenvalue weighted by molar-refractivity contribution is -0.150. The first-order valence-corrected chi connectivity index (χ1v) is 28.4. The molecule has 0 heterocycles. The van der Waals surface area contributed by atoms with E-state index in [4.69, 9.17) is 10.5 Å². The van der Waals surface area contributed by atoms with Gasteiger partial charge in [0, 0.05) is 12.8 Å². The van der Waals surface area contributed by atoms with E-state index in [0.717, 1.165) is 64.2 Å². The Morgan fingerprint density at radius 2 is 0.683 bits per heavy atom. The van der Waals surface area contributed by atoms with E-state index in [-0.39, 0.29) is 18.0 Å². The fourth-order valence-electron chi connectivity index (χ4n) is 9.16. The van der Waals surface area contributed by atoms with Gasteiger partial charge in [-0.05, 0) is 57.9 Å². The van der Waals surface area contributed by atoms with Crippen LogP contribution in [0.3, 0.4) is 0 Å². The van der Waals surface area contributed by atoms with Crippen molar-refractivity contribution >= 4 is 17.8 Å². The predicted molar refractivity (Wildman–Crippen MR) is 271 cm³/mol. The molecule has 0 aromatic rings. The van der Waals surface area contributed by atoms with Crippen molar-refractivity contribution in [1.29, 1.82) is 0 Å². The maximum atomic E-state index is 12.9. The summed E-state index contributed by atoms with van der Waals surface area (Å²) in [7, 11) is 0. The molecule has 0 aliphatic heterocycles. The minimum absolute atomic E-state index is 0.00833. The Bertz CT molecular complexity index is 960. The van der Waals surface area contributed by atoms with Crippen LogP contribution in [0.15, 0.2) is 0 Å². The van der Waals surface area contributed by atoms with Gasteiger partial charge in [-0.25, -0.2) is 4.79 Å². The Kier molecular flexibility index (Phi) is 50.0. The molecule has 0 aromatic heterocycles. The second-order valence-electron chi connectivity index (χ2n) is 19.7. The average molecular weight is 892 g/mol. The Hall–Kier alpha value is -1.63. The number of hydrogen-bond donors (Lipinski definition) is 3. The molecule has 2 unspecified atom stereocenters. The molecule has 2 atom stereocenters. The summed E-state index contributed by atoms with van der Waals surface area (Å²) in [5.41, 5.74) is 5.51. The first-order chi connectivity index (χ1) is 30.9. The van der Waals surface area contributed by atoms with Gasteiger partial charge in [-0.2, -0.15) is 0 Å². The molecule has 7 nitrogen and oxygen atoms in total. The topological polar surface area (TPSA) is 119 Å². The molecule has 374 valence electrons. The molecule has 0 aliphatic carbocycles. The number of nitrogens with one attached hydrogen (secondary N) is 1. The van der Waals surface area contributed by atoms with Crippen LogP contribution < -0.4 is 11.1 Å². The normalized spacial score (nSPS) is 12.4. The van der Waals surface area contributed by atoms with Gasteiger partial charge in [0.1, 0.15) is 12.1 Å². The minimum atomic E-state index is -0.998. The van der Waals surface area contributed by atoms with Gasteiger partial charge in [0.2, 0.25) is 5.91 Å². The number of esters is 1. The molecule has 4 N–H and O–H groups in total. The zero-order valence-electron chi connectivity index (χ0n) is 42.5. The molecule has 0 fully saturated rings. The fraction of sp³-hybridized carbons (Fsp3) is 0.946. The fourth-order valence-corrected chi connectivity index (χ4v) is 9.16. The van der Waals surface area contributed by atoms with Crippen LogP contribution in [0.2, 0.25) is 0 Å². The number of amides is 1. The number of carbonyl (C=O) groups is 3. The first kappa shape index (κ1) is 61.4. The van der Waals surface area contributed by atoms with Gasteiger partial charge in [0.25, 0.3) is 0 Å². The van der Waals surface area contributed by atoms with E-state index in [9.17, 15) is 19.5 Å². The van der Waals surface area contributed by atoms with Crippen molar-refractivity contribution in [1.82, 2.24) is 5.32 Å². The third-order valence-electron chi connectivity index (χ3n) is 13.4. The molecule has 0 spiro atoms. The average Bonchev–Trinajstić information content (AvgIpc) is 3.27. The first-order valence-electron chi connectivity index (χ1n) is 28.4. The number of carbonyl (C=O) groups excluding carboxylic acids is 2. The highest BCUT2D eigenvalue weighted by molar-refractivity contribution is 5.83. The highest BCUT2D eigenvalue weighted by Gasteiger charge is 2.19. The molecule has 0 saturated heterocycles. The second-order valence-corrected chi connectivity index (χ2v) is 19.7. The van der Waals surface area contributed by atoms with Crippen molar-refractivity contribution < 1.29 is 24.2 Å². The molecule has 63 heavy (non-hydrogen) atoms. The van der Waals surface area contributed by atoms with E-state index in [1.165, 1.54) is 218 Å². The van der Waals surface area contributed by atoms with Crippen LogP contribution in [0.1, 0.15) is 322 Å². The molecular weight excluding hydrogens is 781 g/mol. The number of hydrogen-bond acceptors (Lipinski definition) is 5. The van der Waals surface area contributed by atoms with Crippen molar-refractivity contribution in [3.63, 3.8) is 0 Å². The van der Waals surface area contributed by atoms with Gasteiger partial charge in [-0.3, -0.25) is 9.59 Å². The van der Waals surface area contributed by atoms with Gasteiger partial charge < -0.3 is 20.9 Å². The molecule has 1 amide bonds. The van der Waals surface area contributed by atoms with Crippen LogP contribution in [0.25, 0.3) is 0 Å². The van der Waals surface area contributed by atoms with Crippen molar-refractivity contribution in [2.24, 2.45) is 5.73 Å². The Labute approximate surface area is 392 Å². The van der Waals surface area contributed by atoms with E-state index in [2.05, 4.69) is 19.2 Å². The number of aliphatic carboxylic acids is 1. The third kappa shape index (κ3) is 48.1. The lowest BCUT2D eigenvalue weighted by atomic mass is 10.0. The van der Waals surface area contributed by atoms with Crippen molar-refractivity contribution in [3.05, 3.63) is 0 Å². The lowest BCUT2D eigenvalue weighted by Gasteiger charge is -2.18. The summed E-state index contributed by atoms with van der Waals surface area (Å²) in [5, 5.41) is 12.0. The molecule has 0 saturated carbocycles. The van der Waals surface area contributed by atoms with Crippen LogP contribution in [0.4, 0.5) is 0 Å². The van der Waals surface area contributed by atoms with E-state index in [1.807, 2.05) is 0 Å². The quantitative estimate of drug-likeness (QED) is 0.0413. The molecular formula is C56H110N2O5. The van der Waals surface area contributed by atoms with Crippen LogP contribution in [-0.4, -0.2) is 41.6 Å². The van der Waals surface area contributed by atoms with Crippen LogP contribution >= 0.6 is 0 Å². The highest BCUT2D eigenvalue weighted by Crippen LogP contribution is 2.20. The SMILES string of the molecule is CCCCCCCCCCCCCCCCCCCCCCCCCC(=O)OC(CCCCCCCCCCCCCCCC)CCCCCCCC(=O)NC(CCCN)C(=O)O. The number of carboxylic acids is 1. The van der Waals surface area contributed by atoms with Gasteiger partial charge in [0.05, 0.1) is 0 Å². The molecule has 0 rings (SSSR count). The molecule has 0 aromatic carbocycles. The molecule has 0 bridgehead atoms. The lowest BCUT2D eigenvalue weighted by Crippen LogP contribution is -2.40. The van der Waals surface area contributed by atoms with Crippen molar-refractivity contribution in [2.45, 2.75) is 334 Å². The zero-order valence-corrected chi connectivity index (χ0v) is 42.5. The van der Waals surface area contributed by atoms with Crippen LogP contribution in [-0.2, 0) is 19.1 Å². The van der Waals surface area contributed by atoms with Gasteiger partial charge in [-0.1, -0.05) is 258 Å². The smallest absolute Gasteiger partial charge is 0.326 e. The minimum Gasteiger partial charge on any atom is -0.480 e. The number of rotatable bonds is 53. The summed E-state index contributed by atoms with van der Waals surface area (Å²) in [6, 6.07) is -0.853. The van der Waals surface area contributed by atoms with Crippen molar-refractivity contribution in [2.75, 3.05) is 6.54 Å². The standard InChI is InChI=1S/C56H110N2O5/c1-3-5-7-9-11-13-15-17-19-20-21-22-23-24-25-26-27-29-31-33-35-40-44-50-55(60)63-52(46-41-37-34-32-30-28-18-16-14-12-10-8-6-4-2)47-42-38-36-39-43-49-54(59)58-53(56(61)62)48-45-51-57/h52-53H,3-51,57H2,1-2H3,(H,58,59)(H,61,62). The molecule has 7 heteroatoms. The van der Waals surface area contributed by atoms with Gasteiger partial charge in [-0.15, -0.1) is 0 Å². The van der Waals surface area contributed by atoms with E-state index in [0.29, 0.717) is 32.2 Å². The third-order valence-corrected chi connectivity index (χ3v) is 13.4. The summed E-state index contributed by atoms with van der Waals surface area (Å²) in [5.74, 6) is -1.20. The van der Waals surface area contributed by atoms with Crippen LogP contribution in [0.5, 0.6) is 0 Å². The number of unbranched alkanes of at least 4 members (excludes halogenated alkanes) is 39. The Balaban J connectivity index is 4.13. The zero-order chi connectivity index (χ0) is 45.9. The summed E-state index contributed by atoms with van der Waals surface area (Å²) in [6.07, 6.45) is 59.0. The molecule has 0 aliphatic rings. The number of ether oxygens (including phenoxy) is 1. The number of carboxylic acid groups (broad SMARTS) is 1. The Morgan fingerprint density at radius 3 is 0.984 bits per heavy atom. The largest absolute Gasteiger partial charge is 0.480 e. The van der Waals surface area contributed by atoms with Gasteiger partial charge >= 0.3 is 11.9 Å². The summed E-state index contributed by atoms with van der Waals surface area (Å²) in [6.45, 7) is 4.99. The Morgan fingerprint density at radius 1 is 0.397 bits per heavy atom. The summed E-state index contributed by atoms with van der Waals surface area (Å²) >= 11 is 0. The summed E-state index contributed by atoms with van der Waals surface area (Å²) in [4.78, 5) is 36.6. The van der Waals surface area contributed by atoms with Gasteiger partial charge in [0.15, 0.2) is 0 Å². The second kappa shape index (κ2) is 51.4. The summed E-state index contributed by atoms with van der Waals surface area (Å²) < 4.78 is 6.11. The maximum absolute atomic E-state index is 12.9. The van der Waals surface area contributed by atoms with E-state index in [1.54, 1.807) is 0 Å².